The van der Waals surface area contributed by atoms with Crippen LogP contribution in [0.1, 0.15) is 32.3 Å². The van der Waals surface area contributed by atoms with Gasteiger partial charge in [0.15, 0.2) is 0 Å². The molecule has 0 spiro atoms. The van der Waals surface area contributed by atoms with Crippen LogP contribution in [0.3, 0.4) is 0 Å². The van der Waals surface area contributed by atoms with Crippen LogP contribution in [0.5, 0.6) is 0 Å². The molecule has 1 atom stereocenters. The number of ether oxygens (including phenoxy) is 1. The van der Waals surface area contributed by atoms with Crippen LogP contribution >= 0.6 is 0 Å². The Morgan fingerprint density at radius 2 is 2.00 bits per heavy atom. The molecule has 106 valence electrons. The van der Waals surface area contributed by atoms with Gasteiger partial charge >= 0.3 is 5.97 Å². The van der Waals surface area contributed by atoms with E-state index in [1.54, 1.807) is 13.8 Å². The van der Waals surface area contributed by atoms with Gasteiger partial charge in [0.2, 0.25) is 0 Å². The Morgan fingerprint density at radius 3 is 2.53 bits per heavy atom. The molecule has 1 aromatic rings. The highest BCUT2D eigenvalue weighted by Gasteiger charge is 2.34. The molecule has 0 radical (unpaired) electrons. The molecular formula is C15H23NO3. The highest BCUT2D eigenvalue weighted by atomic mass is 16.5. The molecule has 1 aromatic carbocycles. The third-order valence-electron chi connectivity index (χ3n) is 3.03. The first kappa shape index (κ1) is 15.5. The van der Waals surface area contributed by atoms with E-state index >= 15 is 0 Å². The molecule has 1 rings (SSSR count). The summed E-state index contributed by atoms with van der Waals surface area (Å²) in [7, 11) is 0. The summed E-state index contributed by atoms with van der Waals surface area (Å²) in [6.07, 6.45) is 1.07. The topological polar surface area (TPSA) is 58.6 Å². The van der Waals surface area contributed by atoms with Gasteiger partial charge in [-0.3, -0.25) is 0 Å². The SMILES string of the molecule is CCOC(=O)C(C)(CCCO)Nc1ccc(C)cc1. The van der Waals surface area contributed by atoms with Crippen LogP contribution in [-0.4, -0.2) is 29.8 Å². The zero-order valence-corrected chi connectivity index (χ0v) is 11.9. The van der Waals surface area contributed by atoms with Gasteiger partial charge in [-0.15, -0.1) is 0 Å². The van der Waals surface area contributed by atoms with Crippen LogP contribution in [0.2, 0.25) is 0 Å². The van der Waals surface area contributed by atoms with Crippen molar-refractivity contribution in [3.8, 4) is 0 Å². The van der Waals surface area contributed by atoms with Crippen molar-refractivity contribution in [2.45, 2.75) is 39.2 Å². The number of hydrogen-bond acceptors (Lipinski definition) is 4. The molecule has 0 aromatic heterocycles. The molecule has 0 saturated heterocycles. The predicted octanol–water partition coefficient (Wildman–Crippen LogP) is 2.50. The van der Waals surface area contributed by atoms with Crippen LogP contribution in [0.25, 0.3) is 0 Å². The van der Waals surface area contributed by atoms with Gasteiger partial charge in [-0.1, -0.05) is 17.7 Å². The molecule has 4 heteroatoms. The van der Waals surface area contributed by atoms with Gasteiger partial charge < -0.3 is 15.2 Å². The number of benzene rings is 1. The summed E-state index contributed by atoms with van der Waals surface area (Å²) in [5.74, 6) is -0.288. The van der Waals surface area contributed by atoms with E-state index in [0.717, 1.165) is 5.69 Å². The number of aliphatic hydroxyl groups excluding tert-OH is 1. The van der Waals surface area contributed by atoms with Gasteiger partial charge in [-0.05, 0) is 45.7 Å². The molecule has 0 aliphatic heterocycles. The van der Waals surface area contributed by atoms with Crippen molar-refractivity contribution in [2.24, 2.45) is 0 Å². The summed E-state index contributed by atoms with van der Waals surface area (Å²) in [6.45, 7) is 6.02. The second kappa shape index (κ2) is 7.14. The standard InChI is InChI=1S/C15H23NO3/c1-4-19-14(18)15(3,10-5-11-17)16-13-8-6-12(2)7-9-13/h6-9,16-17H,4-5,10-11H2,1-3H3. The third-order valence-corrected chi connectivity index (χ3v) is 3.03. The average molecular weight is 265 g/mol. The Balaban J connectivity index is 2.83. The van der Waals surface area contributed by atoms with Crippen LogP contribution in [0.15, 0.2) is 24.3 Å². The van der Waals surface area contributed by atoms with Crippen LogP contribution in [-0.2, 0) is 9.53 Å². The monoisotopic (exact) mass is 265 g/mol. The minimum Gasteiger partial charge on any atom is -0.464 e. The minimum absolute atomic E-state index is 0.0601. The molecule has 0 aliphatic rings. The second-order valence-corrected chi connectivity index (χ2v) is 4.87. The number of carbonyl (C=O) groups excluding carboxylic acids is 1. The normalized spacial score (nSPS) is 13.7. The number of anilines is 1. The fourth-order valence-electron chi connectivity index (χ4n) is 1.89. The Morgan fingerprint density at radius 1 is 1.37 bits per heavy atom. The Hall–Kier alpha value is -1.55. The van der Waals surface area contributed by atoms with Crippen molar-refractivity contribution in [2.75, 3.05) is 18.5 Å². The maximum Gasteiger partial charge on any atom is 0.331 e. The molecule has 0 aliphatic carbocycles. The lowest BCUT2D eigenvalue weighted by atomic mass is 9.95. The predicted molar refractivity (Wildman–Crippen MR) is 76.2 cm³/mol. The lowest BCUT2D eigenvalue weighted by Gasteiger charge is -2.29. The molecular weight excluding hydrogens is 242 g/mol. The first-order valence-electron chi connectivity index (χ1n) is 6.65. The maximum atomic E-state index is 12.1. The van der Waals surface area contributed by atoms with Gasteiger partial charge in [0.1, 0.15) is 5.54 Å². The Kier molecular flexibility index (Phi) is 5.83. The van der Waals surface area contributed by atoms with E-state index in [0.29, 0.717) is 19.4 Å². The number of esters is 1. The third kappa shape index (κ3) is 4.56. The van der Waals surface area contributed by atoms with Gasteiger partial charge in [0, 0.05) is 12.3 Å². The summed E-state index contributed by atoms with van der Waals surface area (Å²) in [5, 5.41) is 12.2. The first-order chi connectivity index (χ1) is 9.01. The molecule has 0 fully saturated rings. The fourth-order valence-corrected chi connectivity index (χ4v) is 1.89. The van der Waals surface area contributed by atoms with Crippen LogP contribution in [0.4, 0.5) is 5.69 Å². The Labute approximate surface area is 114 Å². The van der Waals surface area contributed by atoms with Crippen molar-refractivity contribution >= 4 is 11.7 Å². The van der Waals surface area contributed by atoms with E-state index in [2.05, 4.69) is 5.32 Å². The summed E-state index contributed by atoms with van der Waals surface area (Å²) >= 11 is 0. The minimum atomic E-state index is -0.812. The van der Waals surface area contributed by atoms with E-state index in [1.165, 1.54) is 5.56 Å². The Bertz CT molecular complexity index is 402. The van der Waals surface area contributed by atoms with Gasteiger partial charge in [-0.25, -0.2) is 4.79 Å². The summed E-state index contributed by atoms with van der Waals surface area (Å²) in [5.41, 5.74) is 1.23. The number of hydrogen-bond donors (Lipinski definition) is 2. The quantitative estimate of drug-likeness (QED) is 0.744. The fraction of sp³-hybridized carbons (Fsp3) is 0.533. The van der Waals surface area contributed by atoms with Gasteiger partial charge in [-0.2, -0.15) is 0 Å². The molecule has 19 heavy (non-hydrogen) atoms. The van der Waals surface area contributed by atoms with Gasteiger partial charge in [0.05, 0.1) is 6.61 Å². The van der Waals surface area contributed by atoms with E-state index in [4.69, 9.17) is 9.84 Å². The molecule has 2 N–H and O–H groups in total. The van der Waals surface area contributed by atoms with Crippen LogP contribution in [0, 0.1) is 6.92 Å². The van der Waals surface area contributed by atoms with E-state index < -0.39 is 5.54 Å². The molecule has 1 unspecified atom stereocenters. The van der Waals surface area contributed by atoms with E-state index in [1.807, 2.05) is 31.2 Å². The smallest absolute Gasteiger partial charge is 0.331 e. The number of aliphatic hydroxyl groups is 1. The average Bonchev–Trinajstić information content (AvgIpc) is 2.39. The number of nitrogens with one attached hydrogen (secondary N) is 1. The van der Waals surface area contributed by atoms with Crippen molar-refractivity contribution < 1.29 is 14.6 Å². The molecule has 0 saturated carbocycles. The van der Waals surface area contributed by atoms with E-state index in [-0.39, 0.29) is 12.6 Å². The highest BCUT2D eigenvalue weighted by Crippen LogP contribution is 2.22. The molecule has 0 bridgehead atoms. The molecule has 4 nitrogen and oxygen atoms in total. The van der Waals surface area contributed by atoms with E-state index in [9.17, 15) is 4.79 Å². The van der Waals surface area contributed by atoms with Crippen LogP contribution < -0.4 is 5.32 Å². The van der Waals surface area contributed by atoms with Crippen molar-refractivity contribution in [3.05, 3.63) is 29.8 Å². The first-order valence-corrected chi connectivity index (χ1v) is 6.65. The zero-order valence-electron chi connectivity index (χ0n) is 11.9. The molecule has 0 amide bonds. The zero-order chi connectivity index (χ0) is 14.3. The van der Waals surface area contributed by atoms with Crippen molar-refractivity contribution in [3.63, 3.8) is 0 Å². The maximum absolute atomic E-state index is 12.1. The number of aryl methyl sites for hydroxylation is 1. The second-order valence-electron chi connectivity index (χ2n) is 4.87. The molecule has 0 heterocycles. The lowest BCUT2D eigenvalue weighted by Crippen LogP contribution is -2.45. The largest absolute Gasteiger partial charge is 0.464 e. The highest BCUT2D eigenvalue weighted by molar-refractivity contribution is 5.84. The number of rotatable bonds is 7. The summed E-state index contributed by atoms with van der Waals surface area (Å²) in [6, 6.07) is 7.84. The summed E-state index contributed by atoms with van der Waals surface area (Å²) in [4.78, 5) is 12.1. The van der Waals surface area contributed by atoms with Crippen molar-refractivity contribution in [1.29, 1.82) is 0 Å². The summed E-state index contributed by atoms with van der Waals surface area (Å²) < 4.78 is 5.12. The van der Waals surface area contributed by atoms with Gasteiger partial charge in [0.25, 0.3) is 0 Å². The van der Waals surface area contributed by atoms with Crippen molar-refractivity contribution in [1.82, 2.24) is 0 Å². The lowest BCUT2D eigenvalue weighted by molar-refractivity contribution is -0.148. The number of carbonyl (C=O) groups is 1.